The normalized spacial score (nSPS) is 19.2. The number of rotatable bonds is 5. The highest BCUT2D eigenvalue weighted by Crippen LogP contribution is 2.29. The summed E-state index contributed by atoms with van der Waals surface area (Å²) in [6, 6.07) is 10.3. The van der Waals surface area contributed by atoms with Crippen LogP contribution in [0.25, 0.3) is 22.3 Å². The molecule has 2 saturated heterocycles. The zero-order valence-corrected chi connectivity index (χ0v) is 16.9. The number of aromatic nitrogens is 3. The molecule has 160 valence electrons. The highest BCUT2D eigenvalue weighted by Gasteiger charge is 2.25. The Bertz CT molecular complexity index is 1090. The SMILES string of the molecule is O=C(O)N1CCO[C@H](COc2nc(-c3ccc(C4CNC4)cc3)cc3nccnc23)C1. The number of amides is 1. The van der Waals surface area contributed by atoms with Gasteiger partial charge in [-0.05, 0) is 11.6 Å². The number of hydrogen-bond acceptors (Lipinski definition) is 7. The third kappa shape index (κ3) is 4.14. The van der Waals surface area contributed by atoms with Gasteiger partial charge in [-0.1, -0.05) is 24.3 Å². The van der Waals surface area contributed by atoms with Crippen LogP contribution in [0.5, 0.6) is 5.88 Å². The lowest BCUT2D eigenvalue weighted by Gasteiger charge is -2.30. The monoisotopic (exact) mass is 421 g/mol. The first-order valence-electron chi connectivity index (χ1n) is 10.3. The molecule has 3 aromatic rings. The Kier molecular flexibility index (Phi) is 5.35. The Morgan fingerprint density at radius 2 is 2.03 bits per heavy atom. The lowest BCUT2D eigenvalue weighted by Crippen LogP contribution is -2.47. The first kappa shape index (κ1) is 19.7. The molecule has 31 heavy (non-hydrogen) atoms. The maximum Gasteiger partial charge on any atom is 0.407 e. The standard InChI is InChI=1S/C22H23N5O4/c28-22(29)27-7-8-30-17(12-27)13-31-21-20-19(24-5-6-25-20)9-18(26-21)15-3-1-14(2-4-15)16-10-23-11-16/h1-6,9,16-17,23H,7-8,10-13H2,(H,28,29)/t17-/m0/s1. The Labute approximate surface area is 179 Å². The minimum atomic E-state index is -0.953. The van der Waals surface area contributed by atoms with Crippen LogP contribution in [-0.4, -0.2) is 76.5 Å². The summed E-state index contributed by atoms with van der Waals surface area (Å²) >= 11 is 0. The number of benzene rings is 1. The Balaban J connectivity index is 1.39. The summed E-state index contributed by atoms with van der Waals surface area (Å²) in [5.74, 6) is 0.938. The minimum Gasteiger partial charge on any atom is -0.473 e. The van der Waals surface area contributed by atoms with E-state index in [4.69, 9.17) is 14.5 Å². The van der Waals surface area contributed by atoms with Gasteiger partial charge in [0.1, 0.15) is 12.7 Å². The number of fused-ring (bicyclic) bond motifs is 1. The van der Waals surface area contributed by atoms with Crippen LogP contribution in [-0.2, 0) is 4.74 Å². The van der Waals surface area contributed by atoms with Crippen molar-refractivity contribution in [3.63, 3.8) is 0 Å². The molecule has 2 aliphatic rings. The molecule has 2 N–H and O–H groups in total. The molecule has 0 saturated carbocycles. The average Bonchev–Trinajstić information content (AvgIpc) is 2.77. The Morgan fingerprint density at radius 3 is 2.77 bits per heavy atom. The van der Waals surface area contributed by atoms with Crippen LogP contribution in [0.4, 0.5) is 4.79 Å². The summed E-state index contributed by atoms with van der Waals surface area (Å²) in [4.78, 5) is 26.1. The van der Waals surface area contributed by atoms with E-state index in [9.17, 15) is 9.90 Å². The van der Waals surface area contributed by atoms with Gasteiger partial charge in [-0.2, -0.15) is 0 Å². The topological polar surface area (TPSA) is 110 Å². The van der Waals surface area contributed by atoms with E-state index >= 15 is 0 Å². The van der Waals surface area contributed by atoms with Crippen LogP contribution in [0.3, 0.4) is 0 Å². The summed E-state index contributed by atoms with van der Waals surface area (Å²) < 4.78 is 11.6. The Hall–Kier alpha value is -3.30. The van der Waals surface area contributed by atoms with E-state index in [1.807, 2.05) is 6.07 Å². The predicted molar refractivity (Wildman–Crippen MR) is 113 cm³/mol. The number of nitrogens with zero attached hydrogens (tertiary/aromatic N) is 4. The molecule has 2 fully saturated rings. The van der Waals surface area contributed by atoms with Crippen LogP contribution in [0.1, 0.15) is 11.5 Å². The van der Waals surface area contributed by atoms with Gasteiger partial charge in [-0.15, -0.1) is 0 Å². The second-order valence-electron chi connectivity index (χ2n) is 7.75. The number of nitrogens with one attached hydrogen (secondary N) is 1. The van der Waals surface area contributed by atoms with Gasteiger partial charge in [0.25, 0.3) is 0 Å². The van der Waals surface area contributed by atoms with Gasteiger partial charge in [0.15, 0.2) is 5.52 Å². The van der Waals surface area contributed by atoms with Crippen molar-refractivity contribution in [2.75, 3.05) is 39.4 Å². The van der Waals surface area contributed by atoms with E-state index in [2.05, 4.69) is 39.6 Å². The zero-order valence-electron chi connectivity index (χ0n) is 16.9. The van der Waals surface area contributed by atoms with Gasteiger partial charge >= 0.3 is 6.09 Å². The van der Waals surface area contributed by atoms with Crippen molar-refractivity contribution in [2.45, 2.75) is 12.0 Å². The van der Waals surface area contributed by atoms with E-state index < -0.39 is 6.09 Å². The smallest absolute Gasteiger partial charge is 0.407 e. The number of ether oxygens (including phenoxy) is 2. The molecule has 9 nitrogen and oxygen atoms in total. The first-order chi connectivity index (χ1) is 15.2. The van der Waals surface area contributed by atoms with E-state index in [0.717, 1.165) is 24.3 Å². The molecular formula is C22H23N5O4. The molecular weight excluding hydrogens is 398 g/mol. The van der Waals surface area contributed by atoms with Crippen LogP contribution in [0.2, 0.25) is 0 Å². The zero-order chi connectivity index (χ0) is 21.2. The van der Waals surface area contributed by atoms with E-state index in [-0.39, 0.29) is 19.3 Å². The highest BCUT2D eigenvalue weighted by molar-refractivity contribution is 5.83. The molecule has 1 aromatic carbocycles. The summed E-state index contributed by atoms with van der Waals surface area (Å²) in [7, 11) is 0. The number of hydrogen-bond donors (Lipinski definition) is 2. The van der Waals surface area contributed by atoms with Gasteiger partial charge in [0, 0.05) is 43.5 Å². The molecule has 0 bridgehead atoms. The molecule has 2 aliphatic heterocycles. The van der Waals surface area contributed by atoms with Crippen molar-refractivity contribution in [2.24, 2.45) is 0 Å². The average molecular weight is 421 g/mol. The molecule has 9 heteroatoms. The van der Waals surface area contributed by atoms with Crippen molar-refractivity contribution in [3.05, 3.63) is 48.3 Å². The molecule has 5 rings (SSSR count). The fourth-order valence-electron chi connectivity index (χ4n) is 3.81. The van der Waals surface area contributed by atoms with Crippen molar-refractivity contribution < 1.29 is 19.4 Å². The maximum atomic E-state index is 11.2. The fourth-order valence-corrected chi connectivity index (χ4v) is 3.81. The quantitative estimate of drug-likeness (QED) is 0.645. The predicted octanol–water partition coefficient (Wildman–Crippen LogP) is 2.14. The third-order valence-electron chi connectivity index (χ3n) is 5.70. The molecule has 2 aromatic heterocycles. The molecule has 0 radical (unpaired) electrons. The summed E-state index contributed by atoms with van der Waals surface area (Å²) in [6.07, 6.45) is 1.92. The van der Waals surface area contributed by atoms with Gasteiger partial charge in [0.05, 0.1) is 24.4 Å². The lowest BCUT2D eigenvalue weighted by atomic mass is 9.93. The van der Waals surface area contributed by atoms with E-state index in [1.54, 1.807) is 12.4 Å². The van der Waals surface area contributed by atoms with Crippen LogP contribution in [0, 0.1) is 0 Å². The number of pyridine rings is 1. The molecule has 0 spiro atoms. The molecule has 1 amide bonds. The van der Waals surface area contributed by atoms with Gasteiger partial charge in [0.2, 0.25) is 5.88 Å². The highest BCUT2D eigenvalue weighted by atomic mass is 16.5. The summed E-state index contributed by atoms with van der Waals surface area (Å²) in [5, 5.41) is 12.5. The van der Waals surface area contributed by atoms with Crippen molar-refractivity contribution in [3.8, 4) is 17.1 Å². The van der Waals surface area contributed by atoms with Gasteiger partial charge < -0.3 is 24.8 Å². The van der Waals surface area contributed by atoms with E-state index in [1.165, 1.54) is 10.5 Å². The number of carbonyl (C=O) groups is 1. The van der Waals surface area contributed by atoms with Gasteiger partial charge in [-0.3, -0.25) is 4.98 Å². The van der Waals surface area contributed by atoms with Crippen molar-refractivity contribution in [1.29, 1.82) is 0 Å². The second kappa shape index (κ2) is 8.44. The van der Waals surface area contributed by atoms with Crippen molar-refractivity contribution >= 4 is 17.1 Å². The second-order valence-corrected chi connectivity index (χ2v) is 7.75. The van der Waals surface area contributed by atoms with Crippen LogP contribution >= 0.6 is 0 Å². The minimum absolute atomic E-state index is 0.180. The van der Waals surface area contributed by atoms with Crippen LogP contribution in [0.15, 0.2) is 42.7 Å². The lowest BCUT2D eigenvalue weighted by molar-refractivity contribution is -0.0415. The first-order valence-corrected chi connectivity index (χ1v) is 10.3. The number of morpholine rings is 1. The molecule has 0 aliphatic carbocycles. The number of carboxylic acid groups (broad SMARTS) is 1. The molecule has 4 heterocycles. The van der Waals surface area contributed by atoms with Gasteiger partial charge in [-0.25, -0.2) is 14.8 Å². The largest absolute Gasteiger partial charge is 0.473 e. The van der Waals surface area contributed by atoms with Crippen LogP contribution < -0.4 is 10.1 Å². The summed E-state index contributed by atoms with van der Waals surface area (Å²) in [6.45, 7) is 3.18. The maximum absolute atomic E-state index is 11.2. The summed E-state index contributed by atoms with van der Waals surface area (Å²) in [5.41, 5.74) is 4.29. The van der Waals surface area contributed by atoms with E-state index in [0.29, 0.717) is 36.0 Å². The Morgan fingerprint density at radius 1 is 1.23 bits per heavy atom. The van der Waals surface area contributed by atoms with Crippen molar-refractivity contribution in [1.82, 2.24) is 25.2 Å². The third-order valence-corrected chi connectivity index (χ3v) is 5.70. The molecule has 1 atom stereocenters. The molecule has 0 unspecified atom stereocenters. The fraction of sp³-hybridized carbons (Fsp3) is 0.364.